The fourth-order valence-corrected chi connectivity index (χ4v) is 7.28. The largest absolute Gasteiger partial charge is 0.482 e. The second-order valence-electron chi connectivity index (χ2n) is 14.6. The highest BCUT2D eigenvalue weighted by Crippen LogP contribution is 2.39. The molecule has 244 valence electrons. The predicted octanol–water partition coefficient (Wildman–Crippen LogP) is 4.37. The van der Waals surface area contributed by atoms with E-state index in [4.69, 9.17) is 20.4 Å². The van der Waals surface area contributed by atoms with Gasteiger partial charge in [-0.15, -0.1) is 0 Å². The molecule has 7 rings (SSSR count). The van der Waals surface area contributed by atoms with Crippen molar-refractivity contribution in [1.29, 1.82) is 0 Å². The van der Waals surface area contributed by atoms with E-state index in [0.29, 0.717) is 29.4 Å². The van der Waals surface area contributed by atoms with Gasteiger partial charge in [-0.2, -0.15) is 0 Å². The predicted molar refractivity (Wildman–Crippen MR) is 176 cm³/mol. The van der Waals surface area contributed by atoms with E-state index >= 15 is 0 Å². The number of pyridine rings is 2. The van der Waals surface area contributed by atoms with Crippen LogP contribution < -0.4 is 15.8 Å². The third-order valence-corrected chi connectivity index (χ3v) is 10.2. The summed E-state index contributed by atoms with van der Waals surface area (Å²) in [4.78, 5) is 38.7. The van der Waals surface area contributed by atoms with Crippen LogP contribution in [0.4, 0.5) is 0 Å². The molecule has 4 N–H and O–H groups in total. The monoisotopic (exact) mass is 627 g/mol. The molecule has 4 aromatic heterocycles. The summed E-state index contributed by atoms with van der Waals surface area (Å²) < 4.78 is 10.1. The maximum atomic E-state index is 14.0. The van der Waals surface area contributed by atoms with Gasteiger partial charge in [-0.05, 0) is 76.1 Å². The number of nitrogens with zero attached hydrogens (tertiary/aromatic N) is 5. The van der Waals surface area contributed by atoms with Crippen molar-refractivity contribution in [2.75, 3.05) is 7.11 Å². The summed E-state index contributed by atoms with van der Waals surface area (Å²) in [7, 11) is 1.61. The number of hydrogen-bond donors (Lipinski definition) is 3. The van der Waals surface area contributed by atoms with E-state index in [1.54, 1.807) is 13.2 Å². The molecule has 2 saturated heterocycles. The lowest BCUT2D eigenvalue weighted by atomic mass is 9.94. The number of ether oxygens (including phenoxy) is 1. The normalized spacial score (nSPS) is 23.7. The molecule has 46 heavy (non-hydrogen) atoms. The van der Waals surface area contributed by atoms with Crippen molar-refractivity contribution in [2.45, 2.75) is 104 Å². The number of imidazole rings is 1. The molecule has 5 atom stereocenters. The Hall–Kier alpha value is -3.96. The molecule has 0 radical (unpaired) electrons. The summed E-state index contributed by atoms with van der Waals surface area (Å²) in [6.45, 7) is 10.5. The van der Waals surface area contributed by atoms with Crippen LogP contribution in [0.3, 0.4) is 0 Å². The van der Waals surface area contributed by atoms with Crippen LogP contribution in [0.5, 0.6) is 5.88 Å². The molecule has 1 saturated carbocycles. The smallest absolute Gasteiger partial charge is 0.254 e. The lowest BCUT2D eigenvalue weighted by molar-refractivity contribution is -0.129. The molecule has 3 fully saturated rings. The molecule has 11 nitrogen and oxygen atoms in total. The van der Waals surface area contributed by atoms with Gasteiger partial charge in [-0.3, -0.25) is 14.0 Å². The number of methoxy groups -OCH3 is 1. The molecule has 2 aliphatic heterocycles. The van der Waals surface area contributed by atoms with E-state index in [-0.39, 0.29) is 29.9 Å². The Kier molecular flexibility index (Phi) is 7.39. The number of aliphatic hydroxyl groups excluding tert-OH is 1. The molecule has 0 aromatic carbocycles. The van der Waals surface area contributed by atoms with Crippen molar-refractivity contribution in [1.82, 2.24) is 29.2 Å². The molecule has 1 aliphatic carbocycles. The zero-order valence-electron chi connectivity index (χ0n) is 27.6. The van der Waals surface area contributed by atoms with E-state index in [0.717, 1.165) is 53.2 Å². The first kappa shape index (κ1) is 30.7. The topological polar surface area (TPSA) is 140 Å². The lowest BCUT2D eigenvalue weighted by Gasteiger charge is -2.41. The summed E-state index contributed by atoms with van der Waals surface area (Å²) in [6, 6.07) is 8.91. The first-order valence-corrected chi connectivity index (χ1v) is 16.5. The van der Waals surface area contributed by atoms with Crippen molar-refractivity contribution in [3.05, 3.63) is 47.3 Å². The molecule has 2 bridgehead atoms. The van der Waals surface area contributed by atoms with Crippen molar-refractivity contribution in [2.24, 2.45) is 17.1 Å². The number of amides is 2. The molecule has 6 heterocycles. The maximum Gasteiger partial charge on any atom is 0.254 e. The number of fused-ring (bicyclic) bond motifs is 4. The molecule has 0 spiro atoms. The number of aromatic nitrogens is 4. The van der Waals surface area contributed by atoms with Crippen LogP contribution >= 0.6 is 0 Å². The van der Waals surface area contributed by atoms with Crippen LogP contribution in [-0.2, 0) is 11.3 Å². The van der Waals surface area contributed by atoms with Crippen molar-refractivity contribution < 1.29 is 19.4 Å². The van der Waals surface area contributed by atoms with E-state index < -0.39 is 17.6 Å². The third-order valence-electron chi connectivity index (χ3n) is 10.2. The fraction of sp³-hybridized carbons (Fsp3) is 0.543. The van der Waals surface area contributed by atoms with Crippen molar-refractivity contribution in [3.8, 4) is 17.3 Å². The molecule has 4 aromatic rings. The van der Waals surface area contributed by atoms with Gasteiger partial charge in [-0.1, -0.05) is 20.8 Å². The Morgan fingerprint density at radius 2 is 1.89 bits per heavy atom. The van der Waals surface area contributed by atoms with Gasteiger partial charge >= 0.3 is 0 Å². The van der Waals surface area contributed by atoms with Gasteiger partial charge in [0, 0.05) is 35.0 Å². The number of piperidine rings is 1. The molecule has 2 amide bonds. The lowest BCUT2D eigenvalue weighted by Crippen LogP contribution is -2.59. The summed E-state index contributed by atoms with van der Waals surface area (Å²) in [5.74, 6) is 0.986. The fourth-order valence-electron chi connectivity index (χ4n) is 7.28. The average Bonchev–Trinajstić information content (AvgIpc) is 3.55. The summed E-state index contributed by atoms with van der Waals surface area (Å²) in [5.41, 5.74) is 11.3. The second-order valence-corrected chi connectivity index (χ2v) is 14.6. The molecule has 11 heteroatoms. The van der Waals surface area contributed by atoms with E-state index in [1.807, 2.05) is 56.1 Å². The van der Waals surface area contributed by atoms with Gasteiger partial charge < -0.3 is 30.4 Å². The minimum Gasteiger partial charge on any atom is -0.482 e. The number of aryl methyl sites for hydroxylation is 1. The first-order chi connectivity index (χ1) is 21.8. The van der Waals surface area contributed by atoms with Gasteiger partial charge in [0.15, 0.2) is 5.88 Å². The van der Waals surface area contributed by atoms with Crippen molar-refractivity contribution in [3.63, 3.8) is 0 Å². The highest BCUT2D eigenvalue weighted by molar-refractivity contribution is 5.96. The van der Waals surface area contributed by atoms with Gasteiger partial charge in [0.25, 0.3) is 5.91 Å². The van der Waals surface area contributed by atoms with Crippen LogP contribution in [0.2, 0.25) is 0 Å². The SMILES string of the molecule is COc1cc(C(=O)N2[C@H]3CC[C@@H]2[C@H](N)[C@H](O)C3)cc2nc(-c3cc4ccc([C@@H](C)NC(=O)C(C)(C)C)nc4n3CC3CC3)c(C)n12. The Bertz CT molecular complexity index is 1850. The van der Waals surface area contributed by atoms with Gasteiger partial charge in [0.1, 0.15) is 17.0 Å². The van der Waals surface area contributed by atoms with Crippen molar-refractivity contribution >= 4 is 28.5 Å². The minimum absolute atomic E-state index is 0.0172. The summed E-state index contributed by atoms with van der Waals surface area (Å²) in [6.07, 6.45) is 3.91. The van der Waals surface area contributed by atoms with E-state index in [2.05, 4.69) is 22.0 Å². The third kappa shape index (κ3) is 5.13. The highest BCUT2D eigenvalue weighted by Gasteiger charge is 2.47. The summed E-state index contributed by atoms with van der Waals surface area (Å²) in [5, 5.41) is 14.5. The zero-order valence-corrected chi connectivity index (χ0v) is 27.6. The van der Waals surface area contributed by atoms with Crippen LogP contribution in [0.15, 0.2) is 30.3 Å². The molecular weight excluding hydrogens is 582 g/mol. The Labute approximate surface area is 269 Å². The summed E-state index contributed by atoms with van der Waals surface area (Å²) >= 11 is 0. The molecule has 3 aliphatic rings. The van der Waals surface area contributed by atoms with E-state index in [1.165, 1.54) is 12.8 Å². The van der Waals surface area contributed by atoms with E-state index in [9.17, 15) is 14.7 Å². The van der Waals surface area contributed by atoms with Crippen LogP contribution in [0.25, 0.3) is 28.1 Å². The Balaban J connectivity index is 1.29. The second kappa shape index (κ2) is 11.1. The number of nitrogens with two attached hydrogens (primary N) is 1. The number of aliphatic hydroxyl groups is 1. The maximum absolute atomic E-state index is 14.0. The zero-order chi connectivity index (χ0) is 32.7. The number of hydrogen-bond acceptors (Lipinski definition) is 7. The quantitative estimate of drug-likeness (QED) is 0.277. The minimum atomic E-state index is -0.588. The number of carbonyl (C=O) groups is 2. The Morgan fingerprint density at radius 3 is 2.59 bits per heavy atom. The van der Waals surface area contributed by atoms with Gasteiger partial charge in [0.05, 0.1) is 48.4 Å². The van der Waals surface area contributed by atoms with Gasteiger partial charge in [-0.25, -0.2) is 9.97 Å². The standard InChI is InChI=1S/C35H45N7O4/c1-18(37-34(45)35(3,4)5)24-11-9-21-13-26(40(32(21)38-24)17-20-7-8-20)31-19(2)41-28(39-31)14-22(15-29(41)46-6)33(44)42-23-10-12-25(42)30(36)27(43)16-23/h9,11,13-15,18,20,23,25,27,30,43H,7-8,10,12,16-17,36H2,1-6H3,(H,37,45)/t18-,23+,25-,27-,30+/m1/s1. The van der Waals surface area contributed by atoms with Crippen LogP contribution in [0.1, 0.15) is 87.6 Å². The van der Waals surface area contributed by atoms with Crippen LogP contribution in [-0.4, -0.2) is 72.1 Å². The number of carbonyl (C=O) groups excluding carboxylic acids is 2. The molecule has 0 unspecified atom stereocenters. The molecular formula is C35H45N7O4. The van der Waals surface area contributed by atoms with Crippen LogP contribution in [0, 0.1) is 18.3 Å². The average molecular weight is 628 g/mol. The van der Waals surface area contributed by atoms with Gasteiger partial charge in [0.2, 0.25) is 5.91 Å². The number of rotatable bonds is 7. The highest BCUT2D eigenvalue weighted by atomic mass is 16.5. The first-order valence-electron chi connectivity index (χ1n) is 16.5. The Morgan fingerprint density at radius 1 is 1.13 bits per heavy atom. The number of nitrogens with one attached hydrogen (secondary N) is 1.